The van der Waals surface area contributed by atoms with Crippen LogP contribution in [0.5, 0.6) is 0 Å². The summed E-state index contributed by atoms with van der Waals surface area (Å²) in [7, 11) is 0. The number of amides is 2. The second-order valence-corrected chi connectivity index (χ2v) is 12.0. The van der Waals surface area contributed by atoms with Crippen molar-refractivity contribution in [3.8, 4) is 0 Å². The number of rotatable bonds is 9. The van der Waals surface area contributed by atoms with Crippen LogP contribution in [0.25, 0.3) is 0 Å². The van der Waals surface area contributed by atoms with E-state index >= 15 is 0 Å². The Balaban J connectivity index is 1.46. The molecule has 0 radical (unpaired) electrons. The molecule has 2 aromatic rings. The van der Waals surface area contributed by atoms with E-state index in [0.29, 0.717) is 38.0 Å². The number of allylic oxidation sites excluding steroid dienone is 2. The van der Waals surface area contributed by atoms with Crippen molar-refractivity contribution < 1.29 is 24.2 Å². The van der Waals surface area contributed by atoms with Gasteiger partial charge in [-0.1, -0.05) is 72.8 Å². The highest BCUT2D eigenvalue weighted by Crippen LogP contribution is 2.23. The monoisotopic (exact) mass is 578 g/mol. The number of carbonyl (C=O) groups is 3. The van der Waals surface area contributed by atoms with E-state index in [-0.39, 0.29) is 55.4 Å². The summed E-state index contributed by atoms with van der Waals surface area (Å²) in [5.41, 5.74) is 2.28. The summed E-state index contributed by atoms with van der Waals surface area (Å²) in [6.45, 7) is 0.648. The molecule has 2 N–H and O–H groups in total. The Kier molecular flexibility index (Phi) is 12.3. The molecule has 2 heterocycles. The van der Waals surface area contributed by atoms with E-state index in [4.69, 9.17) is 4.74 Å². The summed E-state index contributed by atoms with van der Waals surface area (Å²) in [6, 6.07) is 19.5. The zero-order valence-electron chi connectivity index (χ0n) is 23.7. The topological polar surface area (TPSA) is 95.9 Å². The molecule has 2 aromatic carbocycles. The number of ether oxygens (including phenoxy) is 1. The molecule has 0 saturated carbocycles. The highest BCUT2D eigenvalue weighted by molar-refractivity contribution is 7.98. The fourth-order valence-corrected chi connectivity index (χ4v) is 6.50. The summed E-state index contributed by atoms with van der Waals surface area (Å²) in [5.74, 6) is 0.000404. The molecule has 41 heavy (non-hydrogen) atoms. The molecule has 2 amide bonds. The first kappa shape index (κ1) is 30.8. The highest BCUT2D eigenvalue weighted by atomic mass is 32.2. The predicted octanol–water partition coefficient (Wildman–Crippen LogP) is 4.54. The molecule has 0 aliphatic carbocycles. The van der Waals surface area contributed by atoms with Crippen molar-refractivity contribution >= 4 is 29.5 Å². The minimum absolute atomic E-state index is 0.0568. The van der Waals surface area contributed by atoms with E-state index in [9.17, 15) is 19.5 Å². The Morgan fingerprint density at radius 2 is 1.71 bits per heavy atom. The molecule has 1 saturated heterocycles. The summed E-state index contributed by atoms with van der Waals surface area (Å²) < 4.78 is 5.84. The van der Waals surface area contributed by atoms with Crippen LogP contribution in [0, 0.1) is 11.8 Å². The molecule has 4 rings (SSSR count). The number of esters is 1. The van der Waals surface area contributed by atoms with E-state index in [0.717, 1.165) is 24.2 Å². The second-order valence-electron chi connectivity index (χ2n) is 11.0. The van der Waals surface area contributed by atoms with Gasteiger partial charge in [-0.3, -0.25) is 14.4 Å². The normalized spacial score (nSPS) is 24.1. The van der Waals surface area contributed by atoms with Gasteiger partial charge in [0.05, 0.1) is 30.5 Å². The van der Waals surface area contributed by atoms with Gasteiger partial charge in [-0.15, -0.1) is 0 Å². The van der Waals surface area contributed by atoms with Crippen molar-refractivity contribution in [1.29, 1.82) is 0 Å². The molecule has 7 nitrogen and oxygen atoms in total. The summed E-state index contributed by atoms with van der Waals surface area (Å²) in [5, 5.41) is 12.8. The van der Waals surface area contributed by atoms with Crippen LogP contribution in [-0.2, 0) is 31.3 Å². The molecule has 4 unspecified atom stereocenters. The van der Waals surface area contributed by atoms with Crippen LogP contribution in [0.1, 0.15) is 49.7 Å². The number of nitrogens with one attached hydrogen (secondary N) is 1. The minimum Gasteiger partial charge on any atom is -0.463 e. The molecule has 0 bridgehead atoms. The Labute approximate surface area is 247 Å². The second kappa shape index (κ2) is 16.4. The van der Waals surface area contributed by atoms with Crippen molar-refractivity contribution in [3.05, 3.63) is 83.9 Å². The summed E-state index contributed by atoms with van der Waals surface area (Å²) in [6.07, 6.45) is 8.09. The van der Waals surface area contributed by atoms with Gasteiger partial charge in [-0.05, 0) is 49.7 Å². The highest BCUT2D eigenvalue weighted by Gasteiger charge is 2.32. The average molecular weight is 579 g/mol. The maximum atomic E-state index is 13.5. The van der Waals surface area contributed by atoms with Gasteiger partial charge in [-0.25, -0.2) is 0 Å². The Morgan fingerprint density at radius 1 is 0.976 bits per heavy atom. The lowest BCUT2D eigenvalue weighted by Crippen LogP contribution is -2.45. The molecule has 4 atom stereocenters. The standard InChI is InChI=1S/C33H42N2O5S/c36-21-30-17-10-18-35(30)31(37)20-27-15-8-3-9-16-28(19-25-11-4-1-5-12-25)33(39)40-22-29(34-32(27)38)24-41-23-26-13-6-2-7-14-26/h1-8,11-14,27-30,36H,9-10,15-24H2,(H,34,38). The molecule has 2 aliphatic rings. The molecular formula is C33H42N2O5S. The maximum absolute atomic E-state index is 13.5. The first-order valence-electron chi connectivity index (χ1n) is 14.7. The number of cyclic esters (lactones) is 1. The van der Waals surface area contributed by atoms with Gasteiger partial charge < -0.3 is 20.1 Å². The molecule has 8 heteroatoms. The lowest BCUT2D eigenvalue weighted by atomic mass is 9.94. The van der Waals surface area contributed by atoms with Crippen molar-refractivity contribution in [1.82, 2.24) is 10.2 Å². The van der Waals surface area contributed by atoms with Gasteiger partial charge in [0.2, 0.25) is 11.8 Å². The third-order valence-electron chi connectivity index (χ3n) is 7.83. The van der Waals surface area contributed by atoms with Crippen molar-refractivity contribution in [2.24, 2.45) is 11.8 Å². The van der Waals surface area contributed by atoms with Crippen LogP contribution >= 0.6 is 11.8 Å². The number of nitrogens with zero attached hydrogens (tertiary/aromatic N) is 1. The molecule has 0 aromatic heterocycles. The first-order chi connectivity index (χ1) is 20.0. The van der Waals surface area contributed by atoms with E-state index < -0.39 is 5.92 Å². The van der Waals surface area contributed by atoms with E-state index in [1.807, 2.05) is 60.7 Å². The quantitative estimate of drug-likeness (QED) is 0.335. The average Bonchev–Trinajstić information content (AvgIpc) is 3.48. The van der Waals surface area contributed by atoms with Gasteiger partial charge in [0.25, 0.3) is 0 Å². The number of benzene rings is 2. The van der Waals surface area contributed by atoms with Crippen LogP contribution in [0.15, 0.2) is 72.8 Å². The van der Waals surface area contributed by atoms with Crippen molar-refractivity contribution in [2.75, 3.05) is 25.5 Å². The molecule has 220 valence electrons. The molecule has 1 fully saturated rings. The van der Waals surface area contributed by atoms with E-state index in [1.165, 1.54) is 5.56 Å². The van der Waals surface area contributed by atoms with Gasteiger partial charge in [0.1, 0.15) is 6.61 Å². The maximum Gasteiger partial charge on any atom is 0.309 e. The van der Waals surface area contributed by atoms with Crippen LogP contribution in [0.4, 0.5) is 0 Å². The largest absolute Gasteiger partial charge is 0.463 e. The first-order valence-corrected chi connectivity index (χ1v) is 15.9. The van der Waals surface area contributed by atoms with E-state index in [1.54, 1.807) is 16.7 Å². The Morgan fingerprint density at radius 3 is 2.44 bits per heavy atom. The number of aliphatic hydroxyl groups is 1. The van der Waals surface area contributed by atoms with E-state index in [2.05, 4.69) is 17.4 Å². The molecule has 0 spiro atoms. The fraction of sp³-hybridized carbons (Fsp3) is 0.485. The van der Waals surface area contributed by atoms with Gasteiger partial charge in [-0.2, -0.15) is 11.8 Å². The molecule has 2 aliphatic heterocycles. The summed E-state index contributed by atoms with van der Waals surface area (Å²) >= 11 is 1.68. The van der Waals surface area contributed by atoms with Gasteiger partial charge in [0.15, 0.2) is 0 Å². The lowest BCUT2D eigenvalue weighted by Gasteiger charge is -2.26. The minimum atomic E-state index is -0.531. The number of carbonyl (C=O) groups excluding carboxylic acids is 3. The number of likely N-dealkylation sites (tertiary alicyclic amines) is 1. The fourth-order valence-electron chi connectivity index (χ4n) is 5.49. The smallest absolute Gasteiger partial charge is 0.309 e. The van der Waals surface area contributed by atoms with Crippen molar-refractivity contribution in [2.45, 2.75) is 62.8 Å². The molecular weight excluding hydrogens is 536 g/mol. The predicted molar refractivity (Wildman–Crippen MR) is 162 cm³/mol. The van der Waals surface area contributed by atoms with Crippen LogP contribution in [0.2, 0.25) is 0 Å². The third kappa shape index (κ3) is 9.75. The number of thioether (sulfide) groups is 1. The van der Waals surface area contributed by atoms with Crippen LogP contribution < -0.4 is 5.32 Å². The SMILES string of the molecule is O=C1NC(CSCc2ccccc2)COC(=O)C(Cc2ccccc2)CCC=CCC1CC(=O)N1CCCC1CO. The van der Waals surface area contributed by atoms with Crippen molar-refractivity contribution in [3.63, 3.8) is 0 Å². The lowest BCUT2D eigenvalue weighted by molar-refractivity contribution is -0.150. The number of hydrogen-bond acceptors (Lipinski definition) is 6. The Bertz CT molecular complexity index is 1140. The number of aliphatic hydroxyl groups excluding tert-OH is 1. The van der Waals surface area contributed by atoms with Crippen LogP contribution in [-0.4, -0.2) is 65.4 Å². The zero-order valence-corrected chi connectivity index (χ0v) is 24.5. The van der Waals surface area contributed by atoms with Gasteiger partial charge >= 0.3 is 5.97 Å². The third-order valence-corrected chi connectivity index (χ3v) is 9.01. The zero-order chi connectivity index (χ0) is 28.9. The van der Waals surface area contributed by atoms with Gasteiger partial charge in [0, 0.05) is 24.5 Å². The Hall–Kier alpha value is -3.10. The summed E-state index contributed by atoms with van der Waals surface area (Å²) in [4.78, 5) is 41.6. The number of hydrogen-bond donors (Lipinski definition) is 2. The van der Waals surface area contributed by atoms with Crippen LogP contribution in [0.3, 0.4) is 0 Å².